The van der Waals surface area contributed by atoms with Gasteiger partial charge in [0.05, 0.1) is 5.02 Å². The van der Waals surface area contributed by atoms with Crippen LogP contribution >= 0.6 is 11.6 Å². The molecule has 0 amide bonds. The summed E-state index contributed by atoms with van der Waals surface area (Å²) in [5, 5.41) is 3.58. The van der Waals surface area contributed by atoms with Gasteiger partial charge in [0.15, 0.2) is 0 Å². The minimum atomic E-state index is -0.380. The van der Waals surface area contributed by atoms with Crippen molar-refractivity contribution in [1.29, 1.82) is 0 Å². The molecule has 0 aliphatic rings. The Hall–Kier alpha value is -1.39. The highest BCUT2D eigenvalue weighted by Crippen LogP contribution is 2.24. The number of imidazole rings is 1. The summed E-state index contributed by atoms with van der Waals surface area (Å²) >= 11 is 5.86. The minimum Gasteiger partial charge on any atom is -0.338 e. The molecule has 2 rings (SSSR count). The minimum absolute atomic E-state index is 0.148. The second-order valence-corrected chi connectivity index (χ2v) is 5.18. The Kier molecular flexibility index (Phi) is 5.15. The molecule has 0 saturated heterocycles. The molecule has 0 bridgehead atoms. The molecule has 5 heteroatoms. The van der Waals surface area contributed by atoms with Crippen LogP contribution < -0.4 is 5.32 Å². The quantitative estimate of drug-likeness (QED) is 0.884. The molecule has 108 valence electrons. The monoisotopic (exact) mass is 295 g/mol. The zero-order chi connectivity index (χ0) is 14.5. The number of rotatable bonds is 6. The smallest absolute Gasteiger partial charge is 0.141 e. The number of aryl methyl sites for hydroxylation is 2. The predicted octanol–water partition coefficient (Wildman–Crippen LogP) is 3.50. The van der Waals surface area contributed by atoms with Crippen molar-refractivity contribution in [3.05, 3.63) is 52.8 Å². The average Bonchev–Trinajstić information content (AvgIpc) is 2.83. The first-order valence-electron chi connectivity index (χ1n) is 6.76. The Balaban J connectivity index is 2.10. The fourth-order valence-electron chi connectivity index (χ4n) is 2.27. The Morgan fingerprint density at radius 1 is 1.45 bits per heavy atom. The number of aromatic nitrogens is 2. The molecular weight excluding hydrogens is 277 g/mol. The van der Waals surface area contributed by atoms with Crippen LogP contribution in [0.4, 0.5) is 4.39 Å². The molecule has 0 spiro atoms. The van der Waals surface area contributed by atoms with Gasteiger partial charge >= 0.3 is 0 Å². The van der Waals surface area contributed by atoms with Crippen molar-refractivity contribution in [1.82, 2.24) is 14.9 Å². The molecule has 0 aliphatic carbocycles. The number of hydrogen-bond donors (Lipinski definition) is 1. The molecule has 1 N–H and O–H groups in total. The van der Waals surface area contributed by atoms with Gasteiger partial charge in [-0.15, -0.1) is 0 Å². The maximum Gasteiger partial charge on any atom is 0.141 e. The van der Waals surface area contributed by atoms with E-state index in [4.69, 9.17) is 11.6 Å². The molecule has 1 atom stereocenters. The first-order valence-corrected chi connectivity index (χ1v) is 7.14. The molecule has 0 radical (unpaired) electrons. The Morgan fingerprint density at radius 2 is 2.25 bits per heavy atom. The second-order valence-electron chi connectivity index (χ2n) is 4.78. The number of nitrogens with zero attached hydrogens (tertiary/aromatic N) is 2. The molecule has 20 heavy (non-hydrogen) atoms. The predicted molar refractivity (Wildman–Crippen MR) is 79.4 cm³/mol. The fraction of sp³-hybridized carbons (Fsp3) is 0.400. The van der Waals surface area contributed by atoms with Gasteiger partial charge in [-0.25, -0.2) is 9.37 Å². The van der Waals surface area contributed by atoms with E-state index in [1.807, 2.05) is 17.8 Å². The first kappa shape index (κ1) is 15.0. The lowest BCUT2D eigenvalue weighted by atomic mass is 10.0. The summed E-state index contributed by atoms with van der Waals surface area (Å²) in [6, 6.07) is 5.05. The van der Waals surface area contributed by atoms with Crippen LogP contribution in [0.2, 0.25) is 5.02 Å². The zero-order valence-corrected chi connectivity index (χ0v) is 12.5. The first-order chi connectivity index (χ1) is 9.61. The van der Waals surface area contributed by atoms with E-state index in [1.54, 1.807) is 18.3 Å². The molecule has 0 aliphatic heterocycles. The van der Waals surface area contributed by atoms with Crippen LogP contribution in [0.1, 0.15) is 30.8 Å². The van der Waals surface area contributed by atoms with Gasteiger partial charge in [-0.05, 0) is 30.7 Å². The van der Waals surface area contributed by atoms with E-state index in [2.05, 4.69) is 17.2 Å². The van der Waals surface area contributed by atoms with Gasteiger partial charge in [0.1, 0.15) is 11.6 Å². The number of benzene rings is 1. The highest BCUT2D eigenvalue weighted by atomic mass is 35.5. The topological polar surface area (TPSA) is 29.9 Å². The Labute approximate surface area is 123 Å². The van der Waals surface area contributed by atoms with Gasteiger partial charge in [0.2, 0.25) is 0 Å². The summed E-state index contributed by atoms with van der Waals surface area (Å²) in [5.41, 5.74) is 1.01. The van der Waals surface area contributed by atoms with Gasteiger partial charge in [-0.1, -0.05) is 24.6 Å². The maximum atomic E-state index is 13.2. The molecule has 1 aromatic heterocycles. The lowest BCUT2D eigenvalue weighted by Crippen LogP contribution is -2.22. The molecule has 2 aromatic rings. The van der Waals surface area contributed by atoms with Crippen LogP contribution in [0.25, 0.3) is 0 Å². The van der Waals surface area contributed by atoms with Crippen molar-refractivity contribution in [2.75, 3.05) is 6.54 Å². The molecule has 3 nitrogen and oxygen atoms in total. The lowest BCUT2D eigenvalue weighted by Gasteiger charge is -2.18. The molecule has 1 heterocycles. The SMILES string of the molecule is CCNC(CCc1nccn1C)c1ccc(F)c(Cl)c1. The van der Waals surface area contributed by atoms with Crippen LogP contribution in [0.3, 0.4) is 0 Å². The van der Waals surface area contributed by atoms with E-state index in [0.717, 1.165) is 30.8 Å². The summed E-state index contributed by atoms with van der Waals surface area (Å²) in [6.07, 6.45) is 5.48. The molecule has 0 saturated carbocycles. The second kappa shape index (κ2) is 6.86. The van der Waals surface area contributed by atoms with E-state index in [-0.39, 0.29) is 16.9 Å². The van der Waals surface area contributed by atoms with Crippen molar-refractivity contribution < 1.29 is 4.39 Å². The third-order valence-electron chi connectivity index (χ3n) is 3.37. The number of nitrogens with one attached hydrogen (secondary N) is 1. The third-order valence-corrected chi connectivity index (χ3v) is 3.66. The van der Waals surface area contributed by atoms with Crippen molar-refractivity contribution in [3.8, 4) is 0 Å². The molecule has 0 fully saturated rings. The Morgan fingerprint density at radius 3 is 2.85 bits per heavy atom. The van der Waals surface area contributed by atoms with E-state index in [1.165, 1.54) is 6.07 Å². The van der Waals surface area contributed by atoms with Crippen molar-refractivity contribution in [3.63, 3.8) is 0 Å². The average molecular weight is 296 g/mol. The largest absolute Gasteiger partial charge is 0.338 e. The van der Waals surface area contributed by atoms with Crippen molar-refractivity contribution in [2.24, 2.45) is 7.05 Å². The molecule has 1 aromatic carbocycles. The number of halogens is 2. The summed E-state index contributed by atoms with van der Waals surface area (Å²) in [5.74, 6) is 0.663. The highest BCUT2D eigenvalue weighted by molar-refractivity contribution is 6.30. The number of hydrogen-bond acceptors (Lipinski definition) is 2. The van der Waals surface area contributed by atoms with Crippen LogP contribution in [0.15, 0.2) is 30.6 Å². The summed E-state index contributed by atoms with van der Waals surface area (Å²) in [4.78, 5) is 4.32. The van der Waals surface area contributed by atoms with Crippen molar-refractivity contribution in [2.45, 2.75) is 25.8 Å². The summed E-state index contributed by atoms with van der Waals surface area (Å²) in [7, 11) is 1.99. The van der Waals surface area contributed by atoms with Gasteiger partial charge in [-0.2, -0.15) is 0 Å². The van der Waals surface area contributed by atoms with Gasteiger partial charge in [0.25, 0.3) is 0 Å². The van der Waals surface area contributed by atoms with E-state index < -0.39 is 0 Å². The standard InChI is InChI=1S/C15H19ClFN3/c1-3-18-14(6-7-15-19-8-9-20(15)2)11-4-5-13(17)12(16)10-11/h4-5,8-10,14,18H,3,6-7H2,1-2H3. The van der Waals surface area contributed by atoms with Crippen LogP contribution in [0, 0.1) is 5.82 Å². The summed E-state index contributed by atoms with van der Waals surface area (Å²) < 4.78 is 15.3. The summed E-state index contributed by atoms with van der Waals surface area (Å²) in [6.45, 7) is 2.90. The van der Waals surface area contributed by atoms with Gasteiger partial charge in [0, 0.05) is 31.9 Å². The zero-order valence-electron chi connectivity index (χ0n) is 11.7. The van der Waals surface area contributed by atoms with Crippen LogP contribution in [0.5, 0.6) is 0 Å². The third kappa shape index (κ3) is 3.58. The van der Waals surface area contributed by atoms with Gasteiger partial charge < -0.3 is 9.88 Å². The van der Waals surface area contributed by atoms with Gasteiger partial charge in [-0.3, -0.25) is 0 Å². The Bertz CT molecular complexity index is 568. The van der Waals surface area contributed by atoms with Crippen LogP contribution in [-0.4, -0.2) is 16.1 Å². The molecular formula is C15H19ClFN3. The van der Waals surface area contributed by atoms with E-state index in [0.29, 0.717) is 0 Å². The fourth-order valence-corrected chi connectivity index (χ4v) is 2.46. The van der Waals surface area contributed by atoms with E-state index in [9.17, 15) is 4.39 Å². The van der Waals surface area contributed by atoms with Crippen molar-refractivity contribution >= 4 is 11.6 Å². The maximum absolute atomic E-state index is 13.2. The lowest BCUT2D eigenvalue weighted by molar-refractivity contribution is 0.504. The molecule has 1 unspecified atom stereocenters. The normalized spacial score (nSPS) is 12.6. The van der Waals surface area contributed by atoms with Crippen LogP contribution in [-0.2, 0) is 13.5 Å². The van der Waals surface area contributed by atoms with E-state index >= 15 is 0 Å². The highest BCUT2D eigenvalue weighted by Gasteiger charge is 2.13.